The van der Waals surface area contributed by atoms with Gasteiger partial charge < -0.3 is 10.1 Å². The molecule has 0 saturated carbocycles. The summed E-state index contributed by atoms with van der Waals surface area (Å²) in [5, 5.41) is 7.68. The van der Waals surface area contributed by atoms with Crippen molar-refractivity contribution in [3.63, 3.8) is 0 Å². The summed E-state index contributed by atoms with van der Waals surface area (Å²) in [4.78, 5) is 0. The molecule has 1 heterocycles. The Hall–Kier alpha value is -0.870. The van der Waals surface area contributed by atoms with Crippen LogP contribution in [0.3, 0.4) is 0 Å². The summed E-state index contributed by atoms with van der Waals surface area (Å²) in [5.74, 6) is 0. The van der Waals surface area contributed by atoms with Gasteiger partial charge in [-0.1, -0.05) is 0 Å². The highest BCUT2D eigenvalue weighted by molar-refractivity contribution is 5.14. The largest absolute Gasteiger partial charge is 0.383 e. The van der Waals surface area contributed by atoms with E-state index < -0.39 is 0 Å². The Morgan fingerprint density at radius 1 is 1.57 bits per heavy atom. The minimum Gasteiger partial charge on any atom is -0.383 e. The number of hydrogen-bond acceptors (Lipinski definition) is 3. The molecule has 0 aliphatic heterocycles. The van der Waals surface area contributed by atoms with Gasteiger partial charge in [0.25, 0.3) is 0 Å². The Bertz CT molecular complexity index is 270. The maximum absolute atomic E-state index is 4.95. The molecule has 1 N–H and O–H groups in total. The molecule has 80 valence electrons. The van der Waals surface area contributed by atoms with E-state index in [4.69, 9.17) is 4.74 Å². The van der Waals surface area contributed by atoms with Crippen molar-refractivity contribution < 1.29 is 4.74 Å². The fourth-order valence-corrected chi connectivity index (χ4v) is 1.29. The number of methoxy groups -OCH3 is 1. The first-order chi connectivity index (χ1) is 6.77. The molecule has 1 aromatic heterocycles. The number of nitrogens with one attached hydrogen (secondary N) is 1. The third-order valence-electron chi connectivity index (χ3n) is 2.17. The minimum absolute atomic E-state index is 0.751. The van der Waals surface area contributed by atoms with Crippen LogP contribution in [0.4, 0.5) is 0 Å². The van der Waals surface area contributed by atoms with Gasteiger partial charge >= 0.3 is 0 Å². The molecule has 1 rings (SSSR count). The van der Waals surface area contributed by atoms with Crippen LogP contribution in [0.1, 0.15) is 18.2 Å². The van der Waals surface area contributed by atoms with E-state index in [0.29, 0.717) is 0 Å². The average molecular weight is 197 g/mol. The Labute approximate surface area is 85.3 Å². The van der Waals surface area contributed by atoms with Crippen LogP contribution in [-0.2, 0) is 17.8 Å². The third kappa shape index (κ3) is 3.12. The first-order valence-electron chi connectivity index (χ1n) is 5.00. The standard InChI is InChI=1S/C10H19N3O/c1-4-13-8-10(9(2)12-13)7-11-5-6-14-3/h8,11H,4-7H2,1-3H3. The number of aromatic nitrogens is 2. The van der Waals surface area contributed by atoms with Gasteiger partial charge in [-0.05, 0) is 13.8 Å². The number of aryl methyl sites for hydroxylation is 2. The summed E-state index contributed by atoms with van der Waals surface area (Å²) in [6.07, 6.45) is 2.09. The van der Waals surface area contributed by atoms with E-state index in [1.165, 1.54) is 5.56 Å². The van der Waals surface area contributed by atoms with Gasteiger partial charge in [-0.15, -0.1) is 0 Å². The first kappa shape index (κ1) is 11.2. The lowest BCUT2D eigenvalue weighted by Crippen LogP contribution is -2.18. The van der Waals surface area contributed by atoms with Crippen molar-refractivity contribution >= 4 is 0 Å². The van der Waals surface area contributed by atoms with Crippen LogP contribution in [0, 0.1) is 6.92 Å². The monoisotopic (exact) mass is 197 g/mol. The summed E-state index contributed by atoms with van der Waals surface area (Å²) in [6.45, 7) is 7.57. The Morgan fingerprint density at radius 2 is 2.36 bits per heavy atom. The van der Waals surface area contributed by atoms with Gasteiger partial charge in [-0.3, -0.25) is 4.68 Å². The Kier molecular flexibility index (Phi) is 4.62. The molecule has 1 aromatic rings. The van der Waals surface area contributed by atoms with Crippen LogP contribution in [-0.4, -0.2) is 30.0 Å². The van der Waals surface area contributed by atoms with E-state index >= 15 is 0 Å². The molecule has 0 unspecified atom stereocenters. The normalized spacial score (nSPS) is 10.8. The van der Waals surface area contributed by atoms with Crippen LogP contribution in [0.2, 0.25) is 0 Å². The highest BCUT2D eigenvalue weighted by Crippen LogP contribution is 2.04. The summed E-state index contributed by atoms with van der Waals surface area (Å²) in [6, 6.07) is 0. The zero-order valence-electron chi connectivity index (χ0n) is 9.21. The number of hydrogen-bond donors (Lipinski definition) is 1. The molecule has 0 amide bonds. The maximum atomic E-state index is 4.95. The van der Waals surface area contributed by atoms with Gasteiger partial charge in [0.2, 0.25) is 0 Å². The molecule has 0 aliphatic carbocycles. The zero-order chi connectivity index (χ0) is 10.4. The molecule has 0 bridgehead atoms. The molecule has 4 nitrogen and oxygen atoms in total. The minimum atomic E-state index is 0.751. The lowest BCUT2D eigenvalue weighted by atomic mass is 10.2. The fraction of sp³-hybridized carbons (Fsp3) is 0.700. The second-order valence-corrected chi connectivity index (χ2v) is 3.27. The van der Waals surface area contributed by atoms with Crippen LogP contribution < -0.4 is 5.32 Å². The van der Waals surface area contributed by atoms with E-state index in [9.17, 15) is 0 Å². The molecule has 0 aliphatic rings. The van der Waals surface area contributed by atoms with Crippen molar-refractivity contribution in [2.24, 2.45) is 0 Å². The van der Waals surface area contributed by atoms with Crippen LogP contribution >= 0.6 is 0 Å². The smallest absolute Gasteiger partial charge is 0.0638 e. The van der Waals surface area contributed by atoms with E-state index in [0.717, 1.165) is 31.9 Å². The molecule has 0 saturated heterocycles. The molecule has 14 heavy (non-hydrogen) atoms. The number of nitrogens with zero attached hydrogens (tertiary/aromatic N) is 2. The zero-order valence-corrected chi connectivity index (χ0v) is 9.21. The van der Waals surface area contributed by atoms with Gasteiger partial charge in [-0.2, -0.15) is 5.10 Å². The van der Waals surface area contributed by atoms with Gasteiger partial charge in [0.05, 0.1) is 12.3 Å². The van der Waals surface area contributed by atoms with Crippen molar-refractivity contribution in [2.45, 2.75) is 26.9 Å². The summed E-state index contributed by atoms with van der Waals surface area (Å²) < 4.78 is 6.91. The van der Waals surface area contributed by atoms with Crippen LogP contribution in [0.15, 0.2) is 6.20 Å². The van der Waals surface area contributed by atoms with Crippen molar-refractivity contribution in [2.75, 3.05) is 20.3 Å². The molecule has 0 atom stereocenters. The summed E-state index contributed by atoms with van der Waals surface area (Å²) >= 11 is 0. The van der Waals surface area contributed by atoms with E-state index in [-0.39, 0.29) is 0 Å². The molecule has 0 spiro atoms. The highest BCUT2D eigenvalue weighted by Gasteiger charge is 2.02. The van der Waals surface area contributed by atoms with Crippen molar-refractivity contribution in [1.29, 1.82) is 0 Å². The molecule has 0 radical (unpaired) electrons. The van der Waals surface area contributed by atoms with Crippen LogP contribution in [0.25, 0.3) is 0 Å². The van der Waals surface area contributed by atoms with E-state index in [1.54, 1.807) is 7.11 Å². The van der Waals surface area contributed by atoms with Crippen LogP contribution in [0.5, 0.6) is 0 Å². The summed E-state index contributed by atoms with van der Waals surface area (Å²) in [5.41, 5.74) is 2.37. The molecular weight excluding hydrogens is 178 g/mol. The predicted molar refractivity (Wildman–Crippen MR) is 56.2 cm³/mol. The second-order valence-electron chi connectivity index (χ2n) is 3.27. The van der Waals surface area contributed by atoms with E-state index in [2.05, 4.69) is 23.5 Å². The van der Waals surface area contributed by atoms with Crippen molar-refractivity contribution in [3.8, 4) is 0 Å². The topological polar surface area (TPSA) is 39.1 Å². The molecular formula is C10H19N3O. The second kappa shape index (κ2) is 5.78. The Balaban J connectivity index is 2.38. The highest BCUT2D eigenvalue weighted by atomic mass is 16.5. The van der Waals surface area contributed by atoms with Gasteiger partial charge in [0, 0.05) is 38.5 Å². The lowest BCUT2D eigenvalue weighted by Gasteiger charge is -2.01. The fourth-order valence-electron chi connectivity index (χ4n) is 1.29. The molecule has 4 heteroatoms. The van der Waals surface area contributed by atoms with Gasteiger partial charge in [0.15, 0.2) is 0 Å². The third-order valence-corrected chi connectivity index (χ3v) is 2.17. The SMILES string of the molecule is CCn1cc(CNCCOC)c(C)n1. The molecule has 0 fully saturated rings. The Morgan fingerprint density at radius 3 is 2.93 bits per heavy atom. The first-order valence-corrected chi connectivity index (χ1v) is 5.00. The quantitative estimate of drug-likeness (QED) is 0.690. The molecule has 0 aromatic carbocycles. The van der Waals surface area contributed by atoms with E-state index in [1.807, 2.05) is 11.6 Å². The maximum Gasteiger partial charge on any atom is 0.0638 e. The number of rotatable bonds is 6. The summed E-state index contributed by atoms with van der Waals surface area (Å²) in [7, 11) is 1.71. The van der Waals surface area contributed by atoms with Crippen molar-refractivity contribution in [1.82, 2.24) is 15.1 Å². The van der Waals surface area contributed by atoms with Crippen molar-refractivity contribution in [3.05, 3.63) is 17.5 Å². The van der Waals surface area contributed by atoms with Gasteiger partial charge in [0.1, 0.15) is 0 Å². The van der Waals surface area contributed by atoms with Gasteiger partial charge in [-0.25, -0.2) is 0 Å². The lowest BCUT2D eigenvalue weighted by molar-refractivity contribution is 0.199. The average Bonchev–Trinajstić information content (AvgIpc) is 2.54. The predicted octanol–water partition coefficient (Wildman–Crippen LogP) is 0.947. The number of ether oxygens (including phenoxy) is 1.